The van der Waals surface area contributed by atoms with Crippen LogP contribution < -0.4 is 0 Å². The van der Waals surface area contributed by atoms with E-state index in [-0.39, 0.29) is 10.8 Å². The van der Waals surface area contributed by atoms with Gasteiger partial charge in [-0.1, -0.05) is 27.7 Å². The Morgan fingerprint density at radius 2 is 1.92 bits per heavy atom. The lowest BCUT2D eigenvalue weighted by Gasteiger charge is -2.50. The van der Waals surface area contributed by atoms with Gasteiger partial charge in [-0.3, -0.25) is 0 Å². The molecule has 0 saturated heterocycles. The molecule has 3 atom stereocenters. The van der Waals surface area contributed by atoms with Crippen LogP contribution in [0.25, 0.3) is 0 Å². The Hall–Kier alpha value is -0.0400. The fourth-order valence-electron chi connectivity index (χ4n) is 4.23. The Morgan fingerprint density at radius 3 is 2.23 bits per heavy atom. The highest BCUT2D eigenvalue weighted by Crippen LogP contribution is 2.68. The van der Waals surface area contributed by atoms with E-state index in [1.165, 1.54) is 19.3 Å². The second-order valence-corrected chi connectivity index (χ2v) is 5.94. The van der Waals surface area contributed by atoms with E-state index < -0.39 is 5.60 Å². The zero-order chi connectivity index (χ0) is 9.91. The molecule has 0 amide bonds. The van der Waals surface area contributed by atoms with Crippen molar-refractivity contribution in [2.45, 2.75) is 59.0 Å². The van der Waals surface area contributed by atoms with E-state index in [2.05, 4.69) is 27.7 Å². The van der Waals surface area contributed by atoms with E-state index in [1.807, 2.05) is 0 Å². The van der Waals surface area contributed by atoms with Crippen LogP contribution in [0.4, 0.5) is 0 Å². The zero-order valence-corrected chi connectivity index (χ0v) is 9.35. The molecular formula is C12H22O. The van der Waals surface area contributed by atoms with Gasteiger partial charge in [0.05, 0.1) is 5.60 Å². The molecule has 0 spiro atoms. The molecule has 0 aromatic carbocycles. The average Bonchev–Trinajstić information content (AvgIpc) is 2.51. The molecule has 2 aliphatic rings. The van der Waals surface area contributed by atoms with Gasteiger partial charge in [0.25, 0.3) is 0 Å². The molecular weight excluding hydrogens is 160 g/mol. The molecule has 1 N–H and O–H groups in total. The van der Waals surface area contributed by atoms with Crippen molar-refractivity contribution in [3.8, 4) is 0 Å². The first kappa shape index (κ1) is 9.51. The molecule has 0 aliphatic heterocycles. The SMILES string of the molecule is CC[C@@]1(O)C(C)(C)[C@H]2CC[C@@]1(C)C2. The summed E-state index contributed by atoms with van der Waals surface area (Å²) >= 11 is 0. The Bertz CT molecular complexity index is 227. The predicted molar refractivity (Wildman–Crippen MR) is 54.5 cm³/mol. The molecule has 1 heteroatoms. The van der Waals surface area contributed by atoms with Gasteiger partial charge in [0, 0.05) is 0 Å². The fraction of sp³-hybridized carbons (Fsp3) is 1.00. The maximum Gasteiger partial charge on any atom is 0.0751 e. The van der Waals surface area contributed by atoms with E-state index in [9.17, 15) is 5.11 Å². The molecule has 2 bridgehead atoms. The zero-order valence-electron chi connectivity index (χ0n) is 9.35. The van der Waals surface area contributed by atoms with Crippen molar-refractivity contribution in [1.82, 2.24) is 0 Å². The van der Waals surface area contributed by atoms with Gasteiger partial charge in [-0.2, -0.15) is 0 Å². The Kier molecular flexibility index (Phi) is 1.69. The summed E-state index contributed by atoms with van der Waals surface area (Å²) in [6.45, 7) is 8.93. The summed E-state index contributed by atoms with van der Waals surface area (Å²) in [7, 11) is 0. The van der Waals surface area contributed by atoms with Gasteiger partial charge in [-0.25, -0.2) is 0 Å². The lowest BCUT2D eigenvalue weighted by atomic mass is 9.59. The summed E-state index contributed by atoms with van der Waals surface area (Å²) in [5, 5.41) is 10.8. The Balaban J connectivity index is 2.45. The summed E-state index contributed by atoms with van der Waals surface area (Å²) in [5.74, 6) is 0.752. The second-order valence-electron chi connectivity index (χ2n) is 5.94. The van der Waals surface area contributed by atoms with Crippen molar-refractivity contribution >= 4 is 0 Å². The normalized spacial score (nSPS) is 52.8. The third-order valence-electron chi connectivity index (χ3n) is 5.34. The topological polar surface area (TPSA) is 20.2 Å². The average molecular weight is 182 g/mol. The highest BCUT2D eigenvalue weighted by molar-refractivity contribution is 5.17. The highest BCUT2D eigenvalue weighted by atomic mass is 16.3. The summed E-state index contributed by atoms with van der Waals surface area (Å²) < 4.78 is 0. The summed E-state index contributed by atoms with van der Waals surface area (Å²) in [4.78, 5) is 0. The fourth-order valence-corrected chi connectivity index (χ4v) is 4.23. The first-order valence-corrected chi connectivity index (χ1v) is 5.60. The van der Waals surface area contributed by atoms with Gasteiger partial charge in [-0.05, 0) is 42.4 Å². The van der Waals surface area contributed by atoms with Gasteiger partial charge < -0.3 is 5.11 Å². The lowest BCUT2D eigenvalue weighted by molar-refractivity contribution is -0.144. The third kappa shape index (κ3) is 0.823. The van der Waals surface area contributed by atoms with E-state index in [0.717, 1.165) is 12.3 Å². The van der Waals surface area contributed by atoms with Crippen molar-refractivity contribution in [2.24, 2.45) is 16.7 Å². The van der Waals surface area contributed by atoms with Crippen LogP contribution in [0.3, 0.4) is 0 Å². The minimum atomic E-state index is -0.414. The molecule has 0 heterocycles. The largest absolute Gasteiger partial charge is 0.389 e. The summed E-state index contributed by atoms with van der Waals surface area (Å²) in [6, 6.07) is 0. The monoisotopic (exact) mass is 182 g/mol. The van der Waals surface area contributed by atoms with E-state index >= 15 is 0 Å². The van der Waals surface area contributed by atoms with Gasteiger partial charge in [0.15, 0.2) is 0 Å². The Morgan fingerprint density at radius 1 is 1.31 bits per heavy atom. The molecule has 2 fully saturated rings. The number of rotatable bonds is 1. The van der Waals surface area contributed by atoms with Crippen LogP contribution in [0.2, 0.25) is 0 Å². The van der Waals surface area contributed by atoms with Gasteiger partial charge >= 0.3 is 0 Å². The summed E-state index contributed by atoms with van der Waals surface area (Å²) in [5.41, 5.74) is -0.0758. The molecule has 2 saturated carbocycles. The maximum atomic E-state index is 10.8. The van der Waals surface area contributed by atoms with Crippen LogP contribution in [0.1, 0.15) is 53.4 Å². The molecule has 2 aliphatic carbocycles. The quantitative estimate of drug-likeness (QED) is 0.661. The third-order valence-corrected chi connectivity index (χ3v) is 5.34. The smallest absolute Gasteiger partial charge is 0.0751 e. The molecule has 0 aromatic heterocycles. The molecule has 76 valence electrons. The maximum absolute atomic E-state index is 10.8. The predicted octanol–water partition coefficient (Wildman–Crippen LogP) is 2.97. The van der Waals surface area contributed by atoms with Crippen LogP contribution in [-0.4, -0.2) is 10.7 Å². The Labute approximate surface area is 81.5 Å². The van der Waals surface area contributed by atoms with Crippen LogP contribution in [0.5, 0.6) is 0 Å². The standard InChI is InChI=1S/C12H22O/c1-5-12(13)10(2,3)9-6-7-11(12,4)8-9/h9,13H,5-8H2,1-4H3/t9-,11-,12+/m0/s1. The minimum Gasteiger partial charge on any atom is -0.389 e. The van der Waals surface area contributed by atoms with Crippen molar-refractivity contribution < 1.29 is 5.11 Å². The molecule has 0 radical (unpaired) electrons. The molecule has 1 nitrogen and oxygen atoms in total. The van der Waals surface area contributed by atoms with Gasteiger partial charge in [0.2, 0.25) is 0 Å². The van der Waals surface area contributed by atoms with E-state index in [1.54, 1.807) is 0 Å². The molecule has 0 unspecified atom stereocenters. The van der Waals surface area contributed by atoms with Crippen LogP contribution >= 0.6 is 0 Å². The van der Waals surface area contributed by atoms with Crippen molar-refractivity contribution in [3.63, 3.8) is 0 Å². The number of hydrogen-bond donors (Lipinski definition) is 1. The number of aliphatic hydroxyl groups is 1. The number of fused-ring (bicyclic) bond motifs is 2. The first-order valence-electron chi connectivity index (χ1n) is 5.60. The van der Waals surface area contributed by atoms with Crippen LogP contribution in [0.15, 0.2) is 0 Å². The minimum absolute atomic E-state index is 0.134. The van der Waals surface area contributed by atoms with Crippen LogP contribution in [0, 0.1) is 16.7 Å². The van der Waals surface area contributed by atoms with Gasteiger partial charge in [-0.15, -0.1) is 0 Å². The summed E-state index contributed by atoms with van der Waals surface area (Å²) in [6.07, 6.45) is 4.70. The van der Waals surface area contributed by atoms with Crippen LogP contribution in [-0.2, 0) is 0 Å². The molecule has 0 aromatic rings. The van der Waals surface area contributed by atoms with Crippen molar-refractivity contribution in [2.75, 3.05) is 0 Å². The lowest BCUT2D eigenvalue weighted by Crippen LogP contribution is -2.53. The molecule has 2 rings (SSSR count). The van der Waals surface area contributed by atoms with E-state index in [0.29, 0.717) is 0 Å². The van der Waals surface area contributed by atoms with Gasteiger partial charge in [0.1, 0.15) is 0 Å². The van der Waals surface area contributed by atoms with E-state index in [4.69, 9.17) is 0 Å². The van der Waals surface area contributed by atoms with Crippen molar-refractivity contribution in [1.29, 1.82) is 0 Å². The second kappa shape index (κ2) is 2.31. The highest BCUT2D eigenvalue weighted by Gasteiger charge is 2.67. The molecule has 13 heavy (non-hydrogen) atoms. The van der Waals surface area contributed by atoms with Crippen molar-refractivity contribution in [3.05, 3.63) is 0 Å². The number of hydrogen-bond acceptors (Lipinski definition) is 1. The first-order chi connectivity index (χ1) is 5.87.